The van der Waals surface area contributed by atoms with Gasteiger partial charge in [-0.3, -0.25) is 10.1 Å². The molecule has 1 aliphatic heterocycles. The smallest absolute Gasteiger partial charge is 0.344 e. The number of hydrogen-bond acceptors (Lipinski definition) is 9. The average Bonchev–Trinajstić information content (AvgIpc) is 3.04. The van der Waals surface area contributed by atoms with Crippen molar-refractivity contribution in [2.75, 3.05) is 13.7 Å². The number of rotatable bonds is 6. The number of nitro groups is 1. The normalized spacial score (nSPS) is 16.1. The molecule has 2 aromatic rings. The molecule has 0 amide bonds. The quantitative estimate of drug-likeness (QED) is 0.380. The molecular formula is C21H18N2O7S. The lowest BCUT2D eigenvalue weighted by atomic mass is 10.1. The number of para-hydroxylation sites is 2. The number of phenols is 1. The van der Waals surface area contributed by atoms with E-state index in [-0.39, 0.29) is 27.9 Å². The first kappa shape index (κ1) is 21.9. The van der Waals surface area contributed by atoms with E-state index in [9.17, 15) is 25.1 Å². The van der Waals surface area contributed by atoms with Crippen molar-refractivity contribution < 1.29 is 29.4 Å². The van der Waals surface area contributed by atoms with Crippen LogP contribution in [0.4, 0.5) is 11.4 Å². The third-order valence-corrected chi connectivity index (χ3v) is 5.19. The van der Waals surface area contributed by atoms with Crippen LogP contribution in [0.1, 0.15) is 12.5 Å². The predicted octanol–water partition coefficient (Wildman–Crippen LogP) is 4.50. The standard InChI is InChI=1S/C21H18N2O7S/c1-3-30-21(26)18-19(25)17(11-12-8-9-15(24)14(10-12)23(27)28)31-20(18)22-13-6-4-5-7-16(13)29-2/h4-11,24-25H,3H2,1-2H3/b17-11+,22-20?. The van der Waals surface area contributed by atoms with Crippen LogP contribution in [0.2, 0.25) is 0 Å². The van der Waals surface area contributed by atoms with E-state index >= 15 is 0 Å². The number of ether oxygens (including phenoxy) is 2. The molecule has 0 aromatic heterocycles. The van der Waals surface area contributed by atoms with Crippen molar-refractivity contribution in [3.05, 3.63) is 74.4 Å². The SMILES string of the molecule is CCOC(=O)C1=C(O)/C(=C\c2ccc(O)c([N+](=O)[O-])c2)SC1=Nc1ccccc1OC. The van der Waals surface area contributed by atoms with Gasteiger partial charge in [-0.15, -0.1) is 0 Å². The number of phenolic OH excluding ortho intramolecular Hbond substituents is 1. The van der Waals surface area contributed by atoms with Gasteiger partial charge in [0.15, 0.2) is 5.75 Å². The van der Waals surface area contributed by atoms with Gasteiger partial charge in [-0.2, -0.15) is 0 Å². The molecule has 0 spiro atoms. The minimum Gasteiger partial charge on any atom is -0.506 e. The molecule has 0 aliphatic carbocycles. The maximum absolute atomic E-state index is 12.5. The number of methoxy groups -OCH3 is 1. The minimum atomic E-state index is -0.749. The van der Waals surface area contributed by atoms with Crippen molar-refractivity contribution in [2.24, 2.45) is 4.99 Å². The van der Waals surface area contributed by atoms with E-state index in [0.29, 0.717) is 17.0 Å². The monoisotopic (exact) mass is 442 g/mol. The first-order valence-corrected chi connectivity index (χ1v) is 9.87. The molecule has 0 saturated heterocycles. The van der Waals surface area contributed by atoms with Gasteiger partial charge in [-0.1, -0.05) is 30.0 Å². The number of esters is 1. The van der Waals surface area contributed by atoms with Crippen molar-refractivity contribution in [3.8, 4) is 11.5 Å². The Balaban J connectivity index is 2.09. The Morgan fingerprint density at radius 2 is 2.00 bits per heavy atom. The zero-order valence-electron chi connectivity index (χ0n) is 16.6. The number of aromatic hydroxyl groups is 1. The highest BCUT2D eigenvalue weighted by atomic mass is 32.2. The van der Waals surface area contributed by atoms with Crippen molar-refractivity contribution >= 4 is 40.2 Å². The molecule has 0 saturated carbocycles. The number of nitrogens with zero attached hydrogens (tertiary/aromatic N) is 2. The molecule has 2 aromatic carbocycles. The summed E-state index contributed by atoms with van der Waals surface area (Å²) in [4.78, 5) is 27.5. The highest BCUT2D eigenvalue weighted by Gasteiger charge is 2.33. The van der Waals surface area contributed by atoms with Crippen LogP contribution in [-0.2, 0) is 9.53 Å². The summed E-state index contributed by atoms with van der Waals surface area (Å²) in [6, 6.07) is 10.7. The van der Waals surface area contributed by atoms with Gasteiger partial charge in [-0.05, 0) is 36.8 Å². The van der Waals surface area contributed by atoms with Crippen LogP contribution in [0, 0.1) is 10.1 Å². The molecule has 31 heavy (non-hydrogen) atoms. The lowest BCUT2D eigenvalue weighted by Gasteiger charge is -2.06. The van der Waals surface area contributed by atoms with Crippen LogP contribution in [-0.4, -0.2) is 39.9 Å². The molecule has 0 unspecified atom stereocenters. The van der Waals surface area contributed by atoms with Gasteiger partial charge in [0.2, 0.25) is 0 Å². The topological polar surface area (TPSA) is 131 Å². The highest BCUT2D eigenvalue weighted by Crippen LogP contribution is 2.42. The van der Waals surface area contributed by atoms with Crippen molar-refractivity contribution in [1.29, 1.82) is 0 Å². The Morgan fingerprint density at radius 3 is 2.68 bits per heavy atom. The third kappa shape index (κ3) is 4.69. The predicted molar refractivity (Wildman–Crippen MR) is 117 cm³/mol. The van der Waals surface area contributed by atoms with Gasteiger partial charge in [0.05, 0.1) is 23.5 Å². The molecular weight excluding hydrogens is 424 g/mol. The Hall–Kier alpha value is -3.79. The van der Waals surface area contributed by atoms with Gasteiger partial charge in [0.25, 0.3) is 0 Å². The molecule has 160 valence electrons. The second kappa shape index (κ2) is 9.35. The number of hydrogen-bond donors (Lipinski definition) is 2. The van der Waals surface area contributed by atoms with Crippen LogP contribution in [0.15, 0.2) is 63.7 Å². The lowest BCUT2D eigenvalue weighted by molar-refractivity contribution is -0.385. The van der Waals surface area contributed by atoms with Crippen molar-refractivity contribution in [3.63, 3.8) is 0 Å². The first-order chi connectivity index (χ1) is 14.8. The van der Waals surface area contributed by atoms with Crippen LogP contribution < -0.4 is 4.74 Å². The van der Waals surface area contributed by atoms with Crippen LogP contribution >= 0.6 is 11.8 Å². The molecule has 0 atom stereocenters. The summed E-state index contributed by atoms with van der Waals surface area (Å²) in [5.74, 6) is -1.10. The molecule has 1 aliphatic rings. The van der Waals surface area contributed by atoms with Gasteiger partial charge in [0.1, 0.15) is 27.8 Å². The highest BCUT2D eigenvalue weighted by molar-refractivity contribution is 8.18. The summed E-state index contributed by atoms with van der Waals surface area (Å²) in [6.07, 6.45) is 1.45. The minimum absolute atomic E-state index is 0.103. The summed E-state index contributed by atoms with van der Waals surface area (Å²) >= 11 is 1.01. The Labute approximate surface area is 181 Å². The average molecular weight is 442 g/mol. The van der Waals surface area contributed by atoms with E-state index in [0.717, 1.165) is 17.8 Å². The van der Waals surface area contributed by atoms with E-state index < -0.39 is 22.3 Å². The lowest BCUT2D eigenvalue weighted by Crippen LogP contribution is -2.12. The number of nitro benzene ring substituents is 1. The number of benzene rings is 2. The molecule has 2 N–H and O–H groups in total. The van der Waals surface area contributed by atoms with E-state index in [4.69, 9.17) is 9.47 Å². The number of aliphatic hydroxyl groups excluding tert-OH is 1. The van der Waals surface area contributed by atoms with Gasteiger partial charge < -0.3 is 19.7 Å². The zero-order valence-corrected chi connectivity index (χ0v) is 17.4. The van der Waals surface area contributed by atoms with Crippen LogP contribution in [0.3, 0.4) is 0 Å². The summed E-state index contributed by atoms with van der Waals surface area (Å²) < 4.78 is 10.3. The third-order valence-electron chi connectivity index (χ3n) is 4.17. The Morgan fingerprint density at radius 1 is 1.26 bits per heavy atom. The van der Waals surface area contributed by atoms with E-state index in [1.807, 2.05) is 0 Å². The fraction of sp³-hybridized carbons (Fsp3) is 0.143. The number of carbonyl (C=O) groups is 1. The number of thioether (sulfide) groups is 1. The van der Waals surface area contributed by atoms with Crippen LogP contribution in [0.5, 0.6) is 11.5 Å². The van der Waals surface area contributed by atoms with Crippen molar-refractivity contribution in [2.45, 2.75) is 6.92 Å². The fourth-order valence-electron chi connectivity index (χ4n) is 2.75. The van der Waals surface area contributed by atoms with E-state index in [1.54, 1.807) is 31.2 Å². The maximum Gasteiger partial charge on any atom is 0.344 e. The van der Waals surface area contributed by atoms with Crippen LogP contribution in [0.25, 0.3) is 6.08 Å². The molecule has 0 bridgehead atoms. The number of carbonyl (C=O) groups excluding carboxylic acids is 1. The van der Waals surface area contributed by atoms with Gasteiger partial charge in [-0.25, -0.2) is 9.79 Å². The van der Waals surface area contributed by atoms with E-state index in [2.05, 4.69) is 4.99 Å². The molecule has 3 rings (SSSR count). The second-order valence-electron chi connectivity index (χ2n) is 6.15. The molecule has 1 heterocycles. The fourth-order valence-corrected chi connectivity index (χ4v) is 3.78. The summed E-state index contributed by atoms with van der Waals surface area (Å²) in [7, 11) is 1.49. The summed E-state index contributed by atoms with van der Waals surface area (Å²) in [6.45, 7) is 1.74. The summed E-state index contributed by atoms with van der Waals surface area (Å²) in [5.41, 5.74) is 0.204. The number of aliphatic hydroxyl groups is 1. The van der Waals surface area contributed by atoms with Gasteiger partial charge in [0, 0.05) is 6.07 Å². The number of aliphatic imine (C=N–C) groups is 1. The largest absolute Gasteiger partial charge is 0.506 e. The second-order valence-corrected chi connectivity index (χ2v) is 7.18. The Bertz CT molecular complexity index is 1140. The summed E-state index contributed by atoms with van der Waals surface area (Å²) in [5, 5.41) is 31.6. The molecule has 9 nitrogen and oxygen atoms in total. The zero-order chi connectivity index (χ0) is 22.5. The first-order valence-electron chi connectivity index (χ1n) is 9.05. The van der Waals surface area contributed by atoms with Gasteiger partial charge >= 0.3 is 11.7 Å². The van der Waals surface area contributed by atoms with Crippen molar-refractivity contribution in [1.82, 2.24) is 0 Å². The Kier molecular flexibility index (Phi) is 6.61. The maximum atomic E-state index is 12.5. The molecule has 10 heteroatoms. The molecule has 0 radical (unpaired) electrons. The molecule has 0 fully saturated rings. The van der Waals surface area contributed by atoms with E-state index in [1.165, 1.54) is 25.3 Å².